The molecule has 2 aromatic carbocycles. The molecule has 4 rings (SSSR count). The van der Waals surface area contributed by atoms with E-state index in [0.29, 0.717) is 28.9 Å². The highest BCUT2D eigenvalue weighted by Crippen LogP contribution is 2.28. The summed E-state index contributed by atoms with van der Waals surface area (Å²) in [6.07, 6.45) is 0. The van der Waals surface area contributed by atoms with Crippen LogP contribution in [0, 0.1) is 13.8 Å². The van der Waals surface area contributed by atoms with Crippen molar-refractivity contribution in [2.45, 2.75) is 27.3 Å². The highest BCUT2D eigenvalue weighted by Gasteiger charge is 2.14. The summed E-state index contributed by atoms with van der Waals surface area (Å²) in [5, 5.41) is 15.8. The third-order valence-corrected chi connectivity index (χ3v) is 5.13. The maximum absolute atomic E-state index is 12.2. The molecule has 30 heavy (non-hydrogen) atoms. The van der Waals surface area contributed by atoms with Crippen molar-refractivity contribution in [3.63, 3.8) is 0 Å². The lowest BCUT2D eigenvalue weighted by atomic mass is 10.1. The molecule has 2 aromatic heterocycles. The van der Waals surface area contributed by atoms with E-state index in [1.165, 1.54) is 11.6 Å². The van der Waals surface area contributed by atoms with Crippen LogP contribution in [-0.2, 0) is 6.54 Å². The monoisotopic (exact) mass is 421 g/mol. The van der Waals surface area contributed by atoms with Crippen LogP contribution < -0.4 is 5.63 Å². The molecule has 6 nitrogen and oxygen atoms in total. The molecule has 1 N–H and O–H groups in total. The fourth-order valence-corrected chi connectivity index (χ4v) is 3.61. The largest absolute Gasteiger partial charge is 0.507 e. The normalized spacial score (nSPS) is 11.9. The van der Waals surface area contributed by atoms with Gasteiger partial charge in [-0.3, -0.25) is 9.67 Å². The Bertz CT molecular complexity index is 1330. The molecule has 152 valence electrons. The van der Waals surface area contributed by atoms with Gasteiger partial charge in [-0.05, 0) is 44.5 Å². The minimum absolute atomic E-state index is 0.0480. The topological polar surface area (TPSA) is 80.6 Å². The summed E-state index contributed by atoms with van der Waals surface area (Å²) in [5.74, 6) is 0.184. The molecule has 4 aromatic rings. The zero-order valence-corrected chi connectivity index (χ0v) is 17.6. The van der Waals surface area contributed by atoms with Crippen molar-refractivity contribution in [2.24, 2.45) is 4.99 Å². The van der Waals surface area contributed by atoms with E-state index in [1.807, 2.05) is 23.7 Å². The van der Waals surface area contributed by atoms with E-state index in [4.69, 9.17) is 16.0 Å². The number of hydrogen-bond donors (Lipinski definition) is 1. The molecule has 0 unspecified atom stereocenters. The molecule has 0 bridgehead atoms. The molecule has 0 saturated heterocycles. The average molecular weight is 422 g/mol. The number of fused-ring (bicyclic) bond motifs is 1. The van der Waals surface area contributed by atoms with Crippen LogP contribution >= 0.6 is 11.6 Å². The minimum atomic E-state index is -0.623. The van der Waals surface area contributed by atoms with Gasteiger partial charge in [0, 0.05) is 11.5 Å². The van der Waals surface area contributed by atoms with Gasteiger partial charge >= 0.3 is 5.63 Å². The van der Waals surface area contributed by atoms with Gasteiger partial charge in [0.25, 0.3) is 0 Å². The van der Waals surface area contributed by atoms with E-state index in [9.17, 15) is 9.90 Å². The Balaban J connectivity index is 1.75. The average Bonchev–Trinajstić information content (AvgIpc) is 2.98. The summed E-state index contributed by atoms with van der Waals surface area (Å²) < 4.78 is 6.92. The van der Waals surface area contributed by atoms with Gasteiger partial charge < -0.3 is 9.52 Å². The summed E-state index contributed by atoms with van der Waals surface area (Å²) in [4.78, 5) is 16.7. The Kier molecular flexibility index (Phi) is 5.18. The van der Waals surface area contributed by atoms with Crippen LogP contribution in [-0.4, -0.2) is 20.6 Å². The van der Waals surface area contributed by atoms with Crippen molar-refractivity contribution in [1.29, 1.82) is 0 Å². The van der Waals surface area contributed by atoms with Crippen molar-refractivity contribution in [3.8, 4) is 5.75 Å². The molecular formula is C23H20ClN3O3. The molecule has 0 aliphatic rings. The van der Waals surface area contributed by atoms with Crippen molar-refractivity contribution in [2.75, 3.05) is 0 Å². The summed E-state index contributed by atoms with van der Waals surface area (Å²) in [6, 6.07) is 15.1. The van der Waals surface area contributed by atoms with E-state index in [2.05, 4.69) is 34.4 Å². The van der Waals surface area contributed by atoms with E-state index >= 15 is 0 Å². The van der Waals surface area contributed by atoms with Crippen molar-refractivity contribution in [3.05, 3.63) is 86.6 Å². The van der Waals surface area contributed by atoms with E-state index in [0.717, 1.165) is 16.5 Å². The maximum atomic E-state index is 12.2. The van der Waals surface area contributed by atoms with E-state index in [-0.39, 0.29) is 11.3 Å². The number of aromatic hydroxyl groups is 1. The SMILES string of the molecule is CC(=Nc1ccc2c(Cl)nn(Cc3ccc(C)cc3)c2c1)c1c(O)cc(C)oc1=O. The van der Waals surface area contributed by atoms with Gasteiger partial charge in [-0.15, -0.1) is 0 Å². The third kappa shape index (κ3) is 3.86. The summed E-state index contributed by atoms with van der Waals surface area (Å²) in [7, 11) is 0. The molecular weight excluding hydrogens is 402 g/mol. The van der Waals surface area contributed by atoms with Crippen LogP contribution in [0.15, 0.2) is 62.7 Å². The lowest BCUT2D eigenvalue weighted by Crippen LogP contribution is -2.12. The van der Waals surface area contributed by atoms with Crippen molar-refractivity contribution >= 4 is 33.9 Å². The number of aromatic nitrogens is 2. The van der Waals surface area contributed by atoms with Crippen LogP contribution in [0.5, 0.6) is 5.75 Å². The Labute approximate surface area is 178 Å². The van der Waals surface area contributed by atoms with Gasteiger partial charge in [0.1, 0.15) is 17.1 Å². The molecule has 0 spiro atoms. The minimum Gasteiger partial charge on any atom is -0.507 e. The molecule has 0 atom stereocenters. The van der Waals surface area contributed by atoms with Crippen LogP contribution in [0.25, 0.3) is 10.9 Å². The van der Waals surface area contributed by atoms with E-state index in [1.54, 1.807) is 19.9 Å². The Morgan fingerprint density at radius 2 is 1.90 bits per heavy atom. The molecule has 2 heterocycles. The number of aryl methyl sites for hydroxylation is 2. The highest BCUT2D eigenvalue weighted by atomic mass is 35.5. The van der Waals surface area contributed by atoms with Gasteiger partial charge in [0.05, 0.1) is 23.5 Å². The lowest BCUT2D eigenvalue weighted by Gasteiger charge is -2.06. The smallest absolute Gasteiger partial charge is 0.348 e. The number of rotatable bonds is 4. The standard InChI is InChI=1S/C23H20ClN3O3/c1-13-4-6-16(7-5-13)12-27-19-11-17(8-9-18(19)22(24)26-27)25-15(3)21-20(28)10-14(2)30-23(21)29/h4-11,28H,12H2,1-3H3. The van der Waals surface area contributed by atoms with Gasteiger partial charge in [-0.2, -0.15) is 5.10 Å². The van der Waals surface area contributed by atoms with Crippen LogP contribution in [0.1, 0.15) is 29.4 Å². The summed E-state index contributed by atoms with van der Waals surface area (Å²) >= 11 is 6.32. The van der Waals surface area contributed by atoms with E-state index < -0.39 is 5.63 Å². The molecule has 0 fully saturated rings. The zero-order valence-electron chi connectivity index (χ0n) is 16.8. The first-order chi connectivity index (χ1) is 14.3. The first-order valence-electron chi connectivity index (χ1n) is 9.43. The summed E-state index contributed by atoms with van der Waals surface area (Å²) in [6.45, 7) is 5.87. The predicted molar refractivity (Wildman–Crippen MR) is 118 cm³/mol. The number of aliphatic imine (C=N–C) groups is 1. The number of nitrogens with zero attached hydrogens (tertiary/aromatic N) is 3. The molecule has 0 aliphatic heterocycles. The third-order valence-electron chi connectivity index (χ3n) is 4.86. The molecule has 0 radical (unpaired) electrons. The quantitative estimate of drug-likeness (QED) is 0.462. The lowest BCUT2D eigenvalue weighted by molar-refractivity contribution is 0.432. The fourth-order valence-electron chi connectivity index (χ4n) is 3.36. The second-order valence-electron chi connectivity index (χ2n) is 7.24. The van der Waals surface area contributed by atoms with Crippen LogP contribution in [0.2, 0.25) is 5.15 Å². The Morgan fingerprint density at radius 3 is 2.60 bits per heavy atom. The molecule has 0 saturated carbocycles. The van der Waals surface area contributed by atoms with Gasteiger partial charge in [-0.1, -0.05) is 41.4 Å². The van der Waals surface area contributed by atoms with Gasteiger partial charge in [0.2, 0.25) is 0 Å². The fraction of sp³-hybridized carbons (Fsp3) is 0.174. The molecule has 0 amide bonds. The van der Waals surface area contributed by atoms with Crippen LogP contribution in [0.3, 0.4) is 0 Å². The van der Waals surface area contributed by atoms with Crippen molar-refractivity contribution < 1.29 is 9.52 Å². The van der Waals surface area contributed by atoms with Gasteiger partial charge in [-0.25, -0.2) is 4.79 Å². The maximum Gasteiger partial charge on any atom is 0.348 e. The predicted octanol–water partition coefficient (Wildman–Crippen LogP) is 5.15. The number of halogens is 1. The van der Waals surface area contributed by atoms with Crippen molar-refractivity contribution in [1.82, 2.24) is 9.78 Å². The number of hydrogen-bond acceptors (Lipinski definition) is 5. The molecule has 0 aliphatic carbocycles. The first-order valence-corrected chi connectivity index (χ1v) is 9.80. The molecule has 7 heteroatoms. The summed E-state index contributed by atoms with van der Waals surface area (Å²) in [5.41, 5.74) is 3.52. The van der Waals surface area contributed by atoms with Crippen LogP contribution in [0.4, 0.5) is 5.69 Å². The Morgan fingerprint density at radius 1 is 1.17 bits per heavy atom. The zero-order chi connectivity index (χ0) is 21.4. The second kappa shape index (κ2) is 7.80. The number of benzene rings is 2. The first kappa shape index (κ1) is 19.9. The Hall–Kier alpha value is -3.38. The second-order valence-corrected chi connectivity index (χ2v) is 7.60. The highest BCUT2D eigenvalue weighted by molar-refractivity contribution is 6.34. The van der Waals surface area contributed by atoms with Gasteiger partial charge in [0.15, 0.2) is 5.15 Å².